The van der Waals surface area contributed by atoms with Gasteiger partial charge >= 0.3 is 0 Å². The van der Waals surface area contributed by atoms with E-state index in [0.29, 0.717) is 41.0 Å². The number of carbonyl (C=O) groups excluding carboxylic acids is 1. The molecule has 0 fully saturated rings. The molecule has 0 spiro atoms. The Labute approximate surface area is 169 Å². The second kappa shape index (κ2) is 8.38. The fourth-order valence-corrected chi connectivity index (χ4v) is 4.09. The molecule has 0 aliphatic carbocycles. The van der Waals surface area contributed by atoms with Gasteiger partial charge in [-0.2, -0.15) is 0 Å². The number of rotatable bonds is 5. The molecule has 2 N–H and O–H groups in total. The number of amides is 1. The summed E-state index contributed by atoms with van der Waals surface area (Å²) in [7, 11) is -3.61. The Hall–Kier alpha value is -2.29. The van der Waals surface area contributed by atoms with Gasteiger partial charge in [0.05, 0.1) is 28.8 Å². The number of hydrogen-bond donors (Lipinski definition) is 2. The number of hydrogen-bond acceptors (Lipinski definition) is 5. The van der Waals surface area contributed by atoms with E-state index in [9.17, 15) is 13.2 Å². The van der Waals surface area contributed by atoms with E-state index >= 15 is 0 Å². The molecule has 1 heterocycles. The first-order chi connectivity index (χ1) is 13.3. The summed E-state index contributed by atoms with van der Waals surface area (Å²) in [5.74, 6) is 0.628. The smallest absolute Gasteiger partial charge is 0.255 e. The SMILES string of the molecule is CC(C)NS(=O)(=O)c1ccc(C(=O)Nc2cc3c(cc2Cl)OCCCO3)cc1. The molecule has 1 aliphatic rings. The number of sulfonamides is 1. The van der Waals surface area contributed by atoms with Crippen LogP contribution in [0.15, 0.2) is 41.3 Å². The van der Waals surface area contributed by atoms with Gasteiger partial charge in [0, 0.05) is 30.2 Å². The molecule has 0 saturated heterocycles. The molecule has 28 heavy (non-hydrogen) atoms. The Morgan fingerprint density at radius 2 is 1.68 bits per heavy atom. The van der Waals surface area contributed by atoms with Gasteiger partial charge in [0.1, 0.15) is 0 Å². The van der Waals surface area contributed by atoms with Crippen molar-refractivity contribution in [3.63, 3.8) is 0 Å². The van der Waals surface area contributed by atoms with Gasteiger partial charge in [-0.1, -0.05) is 11.6 Å². The zero-order valence-electron chi connectivity index (χ0n) is 15.5. The van der Waals surface area contributed by atoms with E-state index in [1.807, 2.05) is 0 Å². The second-order valence-corrected chi connectivity index (χ2v) is 8.70. The van der Waals surface area contributed by atoms with Crippen LogP contribution in [-0.4, -0.2) is 33.6 Å². The average Bonchev–Trinajstić information content (AvgIpc) is 2.86. The Morgan fingerprint density at radius 1 is 1.07 bits per heavy atom. The van der Waals surface area contributed by atoms with Crippen molar-refractivity contribution in [1.82, 2.24) is 4.72 Å². The molecule has 1 amide bonds. The summed E-state index contributed by atoms with van der Waals surface area (Å²) in [5, 5.41) is 3.03. The van der Waals surface area contributed by atoms with Crippen LogP contribution >= 0.6 is 11.6 Å². The van der Waals surface area contributed by atoms with Gasteiger partial charge < -0.3 is 14.8 Å². The van der Waals surface area contributed by atoms with Crippen LogP contribution in [0.3, 0.4) is 0 Å². The van der Waals surface area contributed by atoms with Crippen LogP contribution in [-0.2, 0) is 10.0 Å². The highest BCUT2D eigenvalue weighted by Crippen LogP contribution is 2.37. The fraction of sp³-hybridized carbons (Fsp3) is 0.316. The number of fused-ring (bicyclic) bond motifs is 1. The molecule has 0 saturated carbocycles. The third kappa shape index (κ3) is 4.76. The maximum absolute atomic E-state index is 12.5. The van der Waals surface area contributed by atoms with Crippen LogP contribution in [0.2, 0.25) is 5.02 Å². The van der Waals surface area contributed by atoms with Gasteiger partial charge in [0.25, 0.3) is 5.91 Å². The number of ether oxygens (including phenoxy) is 2. The van der Waals surface area contributed by atoms with Gasteiger partial charge in [-0.25, -0.2) is 13.1 Å². The van der Waals surface area contributed by atoms with E-state index in [0.717, 1.165) is 6.42 Å². The number of carbonyl (C=O) groups is 1. The molecule has 3 rings (SSSR count). The summed E-state index contributed by atoms with van der Waals surface area (Å²) in [6.45, 7) is 4.52. The van der Waals surface area contributed by atoms with Crippen molar-refractivity contribution in [3.8, 4) is 11.5 Å². The molecule has 9 heteroatoms. The van der Waals surface area contributed by atoms with E-state index < -0.39 is 15.9 Å². The van der Waals surface area contributed by atoms with Gasteiger partial charge in [0.2, 0.25) is 10.0 Å². The molecule has 0 bridgehead atoms. The van der Waals surface area contributed by atoms with Crippen LogP contribution in [0.1, 0.15) is 30.6 Å². The highest BCUT2D eigenvalue weighted by atomic mass is 35.5. The minimum atomic E-state index is -3.61. The summed E-state index contributed by atoms with van der Waals surface area (Å²) in [5.41, 5.74) is 0.681. The van der Waals surface area contributed by atoms with Gasteiger partial charge in [-0.15, -0.1) is 0 Å². The Kier molecular flexibility index (Phi) is 6.12. The Morgan fingerprint density at radius 3 is 2.29 bits per heavy atom. The average molecular weight is 425 g/mol. The summed E-state index contributed by atoms with van der Waals surface area (Å²) >= 11 is 6.24. The fourth-order valence-electron chi connectivity index (χ4n) is 2.64. The molecule has 1 aliphatic heterocycles. The summed E-state index contributed by atoms with van der Waals surface area (Å²) in [4.78, 5) is 12.6. The molecular formula is C19H21ClN2O5S. The molecule has 2 aromatic carbocycles. The molecule has 0 radical (unpaired) electrons. The van der Waals surface area contributed by atoms with E-state index in [-0.39, 0.29) is 10.9 Å². The first-order valence-electron chi connectivity index (χ1n) is 8.79. The van der Waals surface area contributed by atoms with E-state index in [1.165, 1.54) is 24.3 Å². The number of benzene rings is 2. The van der Waals surface area contributed by atoms with Crippen LogP contribution in [0.5, 0.6) is 11.5 Å². The predicted molar refractivity (Wildman–Crippen MR) is 107 cm³/mol. The lowest BCUT2D eigenvalue weighted by Crippen LogP contribution is -2.30. The molecule has 7 nitrogen and oxygen atoms in total. The maximum Gasteiger partial charge on any atom is 0.255 e. The van der Waals surface area contributed by atoms with Crippen molar-refractivity contribution >= 4 is 33.2 Å². The molecule has 150 valence electrons. The molecule has 0 aromatic heterocycles. The number of anilines is 1. The Bertz CT molecular complexity index is 975. The summed E-state index contributed by atoms with van der Waals surface area (Å²) in [6.07, 6.45) is 0.759. The molecule has 0 unspecified atom stereocenters. The normalized spacial score (nSPS) is 13.9. The molecule has 2 aromatic rings. The Balaban J connectivity index is 1.77. The van der Waals surface area contributed by atoms with Gasteiger partial charge in [-0.3, -0.25) is 4.79 Å². The lowest BCUT2D eigenvalue weighted by atomic mass is 10.2. The minimum absolute atomic E-state index is 0.0892. The second-order valence-electron chi connectivity index (χ2n) is 6.58. The topological polar surface area (TPSA) is 93.7 Å². The number of nitrogens with one attached hydrogen (secondary N) is 2. The van der Waals surface area contributed by atoms with Gasteiger partial charge in [-0.05, 0) is 38.1 Å². The maximum atomic E-state index is 12.5. The van der Waals surface area contributed by atoms with Gasteiger partial charge in [0.15, 0.2) is 11.5 Å². The quantitative estimate of drug-likeness (QED) is 0.766. The highest BCUT2D eigenvalue weighted by Gasteiger charge is 2.18. The van der Waals surface area contributed by atoms with Crippen LogP contribution in [0.4, 0.5) is 5.69 Å². The molecule has 0 atom stereocenters. The largest absolute Gasteiger partial charge is 0.490 e. The van der Waals surface area contributed by atoms with E-state index in [2.05, 4.69) is 10.0 Å². The monoisotopic (exact) mass is 424 g/mol. The van der Waals surface area contributed by atoms with Crippen molar-refractivity contribution in [2.45, 2.75) is 31.2 Å². The van der Waals surface area contributed by atoms with Crippen molar-refractivity contribution in [3.05, 3.63) is 47.0 Å². The predicted octanol–water partition coefficient (Wildman–Crippen LogP) is 3.44. The van der Waals surface area contributed by atoms with Crippen molar-refractivity contribution < 1.29 is 22.7 Å². The highest BCUT2D eigenvalue weighted by molar-refractivity contribution is 7.89. The standard InChI is InChI=1S/C19H21ClN2O5S/c1-12(2)22-28(24,25)14-6-4-13(5-7-14)19(23)21-16-11-18-17(10-15(16)20)26-8-3-9-27-18/h4-7,10-12,22H,3,8-9H2,1-2H3,(H,21,23). The first kappa shape index (κ1) is 20.4. The zero-order valence-corrected chi connectivity index (χ0v) is 17.1. The van der Waals surface area contributed by atoms with Crippen molar-refractivity contribution in [1.29, 1.82) is 0 Å². The van der Waals surface area contributed by atoms with E-state index in [4.69, 9.17) is 21.1 Å². The lowest BCUT2D eigenvalue weighted by Gasteiger charge is -2.13. The van der Waals surface area contributed by atoms with Crippen LogP contribution < -0.4 is 19.5 Å². The van der Waals surface area contributed by atoms with E-state index in [1.54, 1.807) is 26.0 Å². The minimum Gasteiger partial charge on any atom is -0.490 e. The van der Waals surface area contributed by atoms with Crippen LogP contribution in [0, 0.1) is 0 Å². The van der Waals surface area contributed by atoms with Crippen LogP contribution in [0.25, 0.3) is 0 Å². The lowest BCUT2D eigenvalue weighted by molar-refractivity contribution is 0.102. The third-order valence-electron chi connectivity index (χ3n) is 3.90. The first-order valence-corrected chi connectivity index (χ1v) is 10.7. The summed E-state index contributed by atoms with van der Waals surface area (Å²) < 4.78 is 38.0. The number of halogens is 1. The molecular weight excluding hydrogens is 404 g/mol. The summed E-state index contributed by atoms with van der Waals surface area (Å²) in [6, 6.07) is 8.65. The third-order valence-corrected chi connectivity index (χ3v) is 5.89. The zero-order chi connectivity index (χ0) is 20.3. The van der Waals surface area contributed by atoms with Crippen molar-refractivity contribution in [2.75, 3.05) is 18.5 Å². The van der Waals surface area contributed by atoms with Crippen molar-refractivity contribution in [2.24, 2.45) is 0 Å².